The number of rotatable bonds is 6. The fraction of sp³-hybridized carbons (Fsp3) is 0.600. The van der Waals surface area contributed by atoms with E-state index in [0.717, 1.165) is 12.3 Å². The summed E-state index contributed by atoms with van der Waals surface area (Å²) in [6, 6.07) is 2.07. The third-order valence-electron chi connectivity index (χ3n) is 3.77. The van der Waals surface area contributed by atoms with Gasteiger partial charge in [0.1, 0.15) is 0 Å². The molecule has 0 aromatic carbocycles. The molecule has 0 saturated heterocycles. The van der Waals surface area contributed by atoms with E-state index in [2.05, 4.69) is 15.0 Å². The van der Waals surface area contributed by atoms with Crippen molar-refractivity contribution in [2.24, 2.45) is 5.92 Å². The quantitative estimate of drug-likeness (QED) is 0.727. The van der Waals surface area contributed by atoms with Crippen molar-refractivity contribution in [3.05, 3.63) is 23.9 Å². The van der Waals surface area contributed by atoms with Crippen LogP contribution in [0.5, 0.6) is 5.88 Å². The Kier molecular flexibility index (Phi) is 5.85. The summed E-state index contributed by atoms with van der Waals surface area (Å²) in [6.07, 6.45) is -15.4. The minimum absolute atomic E-state index is 0.135. The molecule has 1 saturated carbocycles. The van der Waals surface area contributed by atoms with Gasteiger partial charge in [-0.2, -0.15) is 26.3 Å². The number of hydrogen-bond acceptors (Lipinski definition) is 3. The highest BCUT2D eigenvalue weighted by Gasteiger charge is 2.59. The van der Waals surface area contributed by atoms with E-state index in [-0.39, 0.29) is 18.5 Å². The summed E-state index contributed by atoms with van der Waals surface area (Å²) in [5.74, 6) is -4.70. The van der Waals surface area contributed by atoms with E-state index in [9.17, 15) is 39.9 Å². The average Bonchev–Trinajstić information content (AvgIpc) is 2.47. The van der Waals surface area contributed by atoms with Crippen LogP contribution in [0.3, 0.4) is 0 Å². The van der Waals surface area contributed by atoms with Crippen LogP contribution in [0.4, 0.5) is 35.1 Å². The van der Waals surface area contributed by atoms with Crippen LogP contribution in [0.25, 0.3) is 0 Å². The Morgan fingerprint density at radius 2 is 1.81 bits per heavy atom. The minimum Gasteiger partial charge on any atom is -0.455 e. The lowest BCUT2D eigenvalue weighted by atomic mass is 9.79. The van der Waals surface area contributed by atoms with Gasteiger partial charge in [0.05, 0.1) is 0 Å². The summed E-state index contributed by atoms with van der Waals surface area (Å²) >= 11 is 0. The summed E-state index contributed by atoms with van der Waals surface area (Å²) < 4.78 is 104. The Morgan fingerprint density at radius 1 is 1.22 bits per heavy atom. The zero-order valence-corrected chi connectivity index (χ0v) is 13.5. The molecule has 1 aromatic rings. The second kappa shape index (κ2) is 7.47. The van der Waals surface area contributed by atoms with Gasteiger partial charge in [-0.15, -0.1) is 0 Å². The molecule has 2 rings (SSSR count). The number of nitrogens with one attached hydrogen (secondary N) is 1. The van der Waals surface area contributed by atoms with Crippen molar-refractivity contribution in [3.63, 3.8) is 0 Å². The molecule has 1 aromatic heterocycles. The molecule has 0 spiro atoms. The van der Waals surface area contributed by atoms with Crippen molar-refractivity contribution in [3.8, 4) is 5.88 Å². The van der Waals surface area contributed by atoms with Crippen LogP contribution in [0.1, 0.15) is 24.8 Å². The smallest absolute Gasteiger partial charge is 0.434 e. The third kappa shape index (κ3) is 6.21. The van der Waals surface area contributed by atoms with E-state index < -0.39 is 54.9 Å². The number of carbonyl (C=O) groups is 1. The van der Waals surface area contributed by atoms with Crippen LogP contribution >= 0.6 is 0 Å². The Labute approximate surface area is 147 Å². The highest BCUT2D eigenvalue weighted by molar-refractivity contribution is 5.76. The van der Waals surface area contributed by atoms with Crippen LogP contribution in [-0.4, -0.2) is 35.3 Å². The third-order valence-corrected chi connectivity index (χ3v) is 3.77. The van der Waals surface area contributed by atoms with Crippen molar-refractivity contribution in [2.45, 2.75) is 50.2 Å². The van der Waals surface area contributed by atoms with Crippen molar-refractivity contribution in [1.29, 1.82) is 0 Å². The van der Waals surface area contributed by atoms with Gasteiger partial charge >= 0.3 is 12.4 Å². The van der Waals surface area contributed by atoms with E-state index in [4.69, 9.17) is 0 Å². The van der Waals surface area contributed by atoms with E-state index in [0.29, 0.717) is 0 Å². The Morgan fingerprint density at radius 3 is 2.33 bits per heavy atom. The molecule has 152 valence electrons. The van der Waals surface area contributed by atoms with Gasteiger partial charge in [0, 0.05) is 38.1 Å². The molecule has 1 amide bonds. The zero-order valence-electron chi connectivity index (χ0n) is 13.5. The molecule has 0 atom stereocenters. The maximum Gasteiger partial charge on any atom is 0.434 e. The number of pyridine rings is 1. The fourth-order valence-corrected chi connectivity index (χ4v) is 2.53. The molecule has 0 unspecified atom stereocenters. The number of halogens is 8. The van der Waals surface area contributed by atoms with E-state index in [1.165, 1.54) is 6.07 Å². The largest absolute Gasteiger partial charge is 0.455 e. The molecule has 1 N–H and O–H groups in total. The first-order valence-electron chi connectivity index (χ1n) is 7.66. The zero-order chi connectivity index (χ0) is 20.5. The molecular weight excluding hydrogens is 392 g/mol. The molecule has 1 aliphatic carbocycles. The highest BCUT2D eigenvalue weighted by atomic mass is 19.4. The maximum atomic E-state index is 12.7. The number of amides is 1. The Hall–Kier alpha value is -2.14. The van der Waals surface area contributed by atoms with Gasteiger partial charge in [0.25, 0.3) is 6.10 Å². The van der Waals surface area contributed by atoms with Gasteiger partial charge < -0.3 is 10.1 Å². The molecule has 1 fully saturated rings. The van der Waals surface area contributed by atoms with E-state index in [1.807, 2.05) is 0 Å². The number of carbonyl (C=O) groups excluding carboxylic acids is 1. The van der Waals surface area contributed by atoms with Gasteiger partial charge in [0.2, 0.25) is 17.7 Å². The van der Waals surface area contributed by atoms with E-state index >= 15 is 0 Å². The van der Waals surface area contributed by atoms with Gasteiger partial charge in [-0.05, 0) is 17.5 Å². The Bertz CT molecular complexity index is 653. The summed E-state index contributed by atoms with van der Waals surface area (Å²) in [7, 11) is 0. The molecule has 4 nitrogen and oxygen atoms in total. The van der Waals surface area contributed by atoms with Crippen LogP contribution in [0, 0.1) is 5.92 Å². The lowest BCUT2D eigenvalue weighted by Crippen LogP contribution is -2.46. The molecule has 0 bridgehead atoms. The van der Waals surface area contributed by atoms with Crippen molar-refractivity contribution < 1.29 is 44.7 Å². The SMILES string of the molecule is O=C(CC1CC(F)(F)C1)NCc1ccnc(OC(C(F)(F)F)C(F)(F)F)c1. The molecule has 27 heavy (non-hydrogen) atoms. The predicted molar refractivity (Wildman–Crippen MR) is 74.9 cm³/mol. The topological polar surface area (TPSA) is 51.2 Å². The van der Waals surface area contributed by atoms with Crippen LogP contribution in [-0.2, 0) is 11.3 Å². The van der Waals surface area contributed by atoms with Gasteiger partial charge in [-0.1, -0.05) is 0 Å². The lowest BCUT2D eigenvalue weighted by Gasteiger charge is -2.34. The molecule has 0 radical (unpaired) electrons. The van der Waals surface area contributed by atoms with Crippen LogP contribution < -0.4 is 10.1 Å². The first-order chi connectivity index (χ1) is 12.3. The van der Waals surface area contributed by atoms with Crippen molar-refractivity contribution >= 4 is 5.91 Å². The van der Waals surface area contributed by atoms with Crippen LogP contribution in [0.15, 0.2) is 18.3 Å². The summed E-state index contributed by atoms with van der Waals surface area (Å²) in [4.78, 5) is 15.0. The molecule has 0 aliphatic heterocycles. The highest BCUT2D eigenvalue weighted by Crippen LogP contribution is 2.44. The van der Waals surface area contributed by atoms with Crippen molar-refractivity contribution in [2.75, 3.05) is 0 Å². The average molecular weight is 406 g/mol. The number of hydrogen-bond donors (Lipinski definition) is 1. The molecular formula is C15H14F8N2O2. The molecule has 1 heterocycles. The lowest BCUT2D eigenvalue weighted by molar-refractivity contribution is -0.300. The summed E-state index contributed by atoms with van der Waals surface area (Å²) in [5, 5.41) is 2.35. The normalized spacial score (nSPS) is 17.5. The van der Waals surface area contributed by atoms with Crippen LogP contribution in [0.2, 0.25) is 0 Å². The van der Waals surface area contributed by atoms with E-state index in [1.54, 1.807) is 0 Å². The predicted octanol–water partition coefficient (Wildman–Crippen LogP) is 4.01. The number of alkyl halides is 8. The summed E-state index contributed by atoms with van der Waals surface area (Å²) in [6.45, 7) is -0.233. The first-order valence-corrected chi connectivity index (χ1v) is 7.66. The van der Waals surface area contributed by atoms with Crippen molar-refractivity contribution in [1.82, 2.24) is 10.3 Å². The molecule has 12 heteroatoms. The van der Waals surface area contributed by atoms with Gasteiger partial charge in [0.15, 0.2) is 0 Å². The molecule has 1 aliphatic rings. The second-order valence-electron chi connectivity index (χ2n) is 6.19. The first kappa shape index (κ1) is 21.2. The Balaban J connectivity index is 1.92. The second-order valence-corrected chi connectivity index (χ2v) is 6.19. The number of aromatic nitrogens is 1. The maximum absolute atomic E-state index is 12.7. The van der Waals surface area contributed by atoms with Gasteiger partial charge in [-0.3, -0.25) is 4.79 Å². The number of ether oxygens (including phenoxy) is 1. The minimum atomic E-state index is -5.69. The fourth-order valence-electron chi connectivity index (χ4n) is 2.53. The number of nitrogens with zero attached hydrogens (tertiary/aromatic N) is 1. The standard InChI is InChI=1S/C15H14F8N2O2/c16-13(17)5-9(6-13)3-10(26)25-7-8-1-2-24-11(4-8)27-12(14(18,19)20)15(21,22)23/h1-2,4,9,12H,3,5-7H2,(H,25,26). The summed E-state index contributed by atoms with van der Waals surface area (Å²) in [5.41, 5.74) is 0.135. The monoisotopic (exact) mass is 406 g/mol. The van der Waals surface area contributed by atoms with Gasteiger partial charge in [-0.25, -0.2) is 13.8 Å².